The molecule has 0 fully saturated rings. The summed E-state index contributed by atoms with van der Waals surface area (Å²) in [7, 11) is 1.30. The van der Waals surface area contributed by atoms with Gasteiger partial charge in [-0.25, -0.2) is 0 Å². The SMILES string of the molecule is CCCCCCC(=O)SCC(=O)N(CC(=O)OC)c1c(C)ccc(C)c1C. The molecule has 0 aliphatic rings. The van der Waals surface area contributed by atoms with Crippen LogP contribution in [0.5, 0.6) is 0 Å². The second-order valence-corrected chi connectivity index (χ2v) is 7.73. The van der Waals surface area contributed by atoms with Crippen LogP contribution >= 0.6 is 11.8 Å². The molecule has 150 valence electrons. The molecule has 0 aliphatic carbocycles. The largest absolute Gasteiger partial charge is 0.468 e. The van der Waals surface area contributed by atoms with Crippen LogP contribution in [0.15, 0.2) is 12.1 Å². The summed E-state index contributed by atoms with van der Waals surface area (Å²) < 4.78 is 4.76. The summed E-state index contributed by atoms with van der Waals surface area (Å²) in [5.74, 6) is -0.722. The van der Waals surface area contributed by atoms with E-state index in [2.05, 4.69) is 6.92 Å². The zero-order valence-electron chi connectivity index (χ0n) is 17.1. The van der Waals surface area contributed by atoms with E-state index in [0.717, 1.165) is 59.8 Å². The van der Waals surface area contributed by atoms with Crippen molar-refractivity contribution in [2.24, 2.45) is 0 Å². The maximum Gasteiger partial charge on any atom is 0.325 e. The number of aryl methyl sites for hydroxylation is 2. The highest BCUT2D eigenvalue weighted by molar-refractivity contribution is 8.14. The highest BCUT2D eigenvalue weighted by atomic mass is 32.2. The number of esters is 1. The number of nitrogens with zero attached hydrogens (tertiary/aromatic N) is 1. The molecule has 1 rings (SSSR count). The van der Waals surface area contributed by atoms with Gasteiger partial charge in [0.25, 0.3) is 0 Å². The van der Waals surface area contributed by atoms with Gasteiger partial charge in [-0.05, 0) is 43.9 Å². The Labute approximate surface area is 166 Å². The molecule has 0 atom stereocenters. The summed E-state index contributed by atoms with van der Waals surface area (Å²) >= 11 is 1.03. The normalized spacial score (nSPS) is 10.6. The molecule has 1 aromatic rings. The molecular formula is C21H31NO4S. The van der Waals surface area contributed by atoms with E-state index in [1.165, 1.54) is 12.0 Å². The number of hydrogen-bond donors (Lipinski definition) is 0. The van der Waals surface area contributed by atoms with Gasteiger partial charge < -0.3 is 4.74 Å². The third kappa shape index (κ3) is 7.37. The standard InChI is InChI=1S/C21H31NO4S/c1-6-7-8-9-10-20(25)27-14-18(23)22(13-19(24)26-5)21-16(3)12-11-15(2)17(21)4/h11-12H,6-10,13-14H2,1-5H3. The van der Waals surface area contributed by atoms with Gasteiger partial charge in [0.1, 0.15) is 6.54 Å². The van der Waals surface area contributed by atoms with Crippen molar-refractivity contribution in [3.05, 3.63) is 28.8 Å². The number of methoxy groups -OCH3 is 1. The van der Waals surface area contributed by atoms with Gasteiger partial charge in [-0.1, -0.05) is 50.1 Å². The zero-order valence-corrected chi connectivity index (χ0v) is 17.9. The smallest absolute Gasteiger partial charge is 0.325 e. The predicted octanol–water partition coefficient (Wildman–Crippen LogP) is 4.35. The molecule has 0 heterocycles. The fourth-order valence-corrected chi connectivity index (χ4v) is 3.55. The number of benzene rings is 1. The molecule has 0 N–H and O–H groups in total. The van der Waals surface area contributed by atoms with Crippen molar-refractivity contribution in [2.45, 2.75) is 59.8 Å². The van der Waals surface area contributed by atoms with E-state index in [0.29, 0.717) is 6.42 Å². The van der Waals surface area contributed by atoms with E-state index in [9.17, 15) is 14.4 Å². The highest BCUT2D eigenvalue weighted by Gasteiger charge is 2.24. The van der Waals surface area contributed by atoms with Crippen molar-refractivity contribution < 1.29 is 19.1 Å². The number of thioether (sulfide) groups is 1. The van der Waals surface area contributed by atoms with Crippen molar-refractivity contribution in [2.75, 3.05) is 24.3 Å². The third-order valence-corrected chi connectivity index (χ3v) is 5.50. The molecule has 27 heavy (non-hydrogen) atoms. The molecule has 0 saturated heterocycles. The number of unbranched alkanes of at least 4 members (excludes halogenated alkanes) is 3. The van der Waals surface area contributed by atoms with Gasteiger partial charge in [-0.15, -0.1) is 0 Å². The topological polar surface area (TPSA) is 63.7 Å². The minimum Gasteiger partial charge on any atom is -0.468 e. The lowest BCUT2D eigenvalue weighted by atomic mass is 10.0. The van der Waals surface area contributed by atoms with Gasteiger partial charge in [0.2, 0.25) is 5.91 Å². The van der Waals surface area contributed by atoms with Crippen molar-refractivity contribution >= 4 is 34.4 Å². The number of rotatable bonds is 10. The lowest BCUT2D eigenvalue weighted by Gasteiger charge is -2.26. The van der Waals surface area contributed by atoms with E-state index in [1.807, 2.05) is 32.9 Å². The summed E-state index contributed by atoms with van der Waals surface area (Å²) in [5, 5.41) is 0.0233. The summed E-state index contributed by atoms with van der Waals surface area (Å²) in [4.78, 5) is 38.2. The van der Waals surface area contributed by atoms with Crippen molar-refractivity contribution in [1.29, 1.82) is 0 Å². The second kappa shape index (κ2) is 11.8. The minimum atomic E-state index is -0.487. The van der Waals surface area contributed by atoms with Crippen LogP contribution in [0.2, 0.25) is 0 Å². The number of amides is 1. The molecule has 1 amide bonds. The molecule has 6 heteroatoms. The molecule has 0 spiro atoms. The van der Waals surface area contributed by atoms with Crippen LogP contribution in [-0.2, 0) is 19.1 Å². The lowest BCUT2D eigenvalue weighted by molar-refractivity contribution is -0.139. The highest BCUT2D eigenvalue weighted by Crippen LogP contribution is 2.28. The van der Waals surface area contributed by atoms with Gasteiger partial charge in [0.05, 0.1) is 18.6 Å². The zero-order chi connectivity index (χ0) is 20.4. The van der Waals surface area contributed by atoms with Crippen molar-refractivity contribution in [3.63, 3.8) is 0 Å². The van der Waals surface area contributed by atoms with E-state index >= 15 is 0 Å². The van der Waals surface area contributed by atoms with Crippen LogP contribution in [0, 0.1) is 20.8 Å². The van der Waals surface area contributed by atoms with Crippen LogP contribution in [0.25, 0.3) is 0 Å². The summed E-state index contributed by atoms with van der Waals surface area (Å²) in [6.45, 7) is 7.77. The fraction of sp³-hybridized carbons (Fsp3) is 0.571. The quantitative estimate of drug-likeness (QED) is 0.437. The first-order valence-electron chi connectivity index (χ1n) is 9.41. The Hall–Kier alpha value is -1.82. The Bertz CT molecular complexity index is 672. The molecule has 0 saturated carbocycles. The Morgan fingerprint density at radius 1 is 1.04 bits per heavy atom. The lowest BCUT2D eigenvalue weighted by Crippen LogP contribution is -2.38. The number of carbonyl (C=O) groups excluding carboxylic acids is 3. The first-order valence-corrected chi connectivity index (χ1v) is 10.4. The van der Waals surface area contributed by atoms with Crippen LogP contribution in [-0.4, -0.2) is 36.4 Å². The molecule has 0 aromatic heterocycles. The van der Waals surface area contributed by atoms with Gasteiger partial charge in [0, 0.05) is 6.42 Å². The van der Waals surface area contributed by atoms with Gasteiger partial charge >= 0.3 is 5.97 Å². The Kier molecular flexibility index (Phi) is 10.1. The Morgan fingerprint density at radius 2 is 1.70 bits per heavy atom. The van der Waals surface area contributed by atoms with Gasteiger partial charge in [0.15, 0.2) is 5.12 Å². The van der Waals surface area contributed by atoms with E-state index < -0.39 is 5.97 Å². The molecule has 0 unspecified atom stereocenters. The average molecular weight is 394 g/mol. The first kappa shape index (κ1) is 23.2. The Balaban J connectivity index is 2.86. The summed E-state index contributed by atoms with van der Waals surface area (Å²) in [6, 6.07) is 3.92. The Morgan fingerprint density at radius 3 is 2.33 bits per heavy atom. The van der Waals surface area contributed by atoms with Gasteiger partial charge in [-0.2, -0.15) is 0 Å². The molecular weight excluding hydrogens is 362 g/mol. The summed E-state index contributed by atoms with van der Waals surface area (Å²) in [6.07, 6.45) is 4.62. The number of anilines is 1. The molecule has 0 radical (unpaired) electrons. The number of carbonyl (C=O) groups is 3. The number of ether oxygens (including phenoxy) is 1. The maximum atomic E-state index is 12.8. The minimum absolute atomic E-state index is 0.0233. The monoisotopic (exact) mass is 393 g/mol. The van der Waals surface area contributed by atoms with Crippen LogP contribution in [0.4, 0.5) is 5.69 Å². The van der Waals surface area contributed by atoms with Crippen LogP contribution < -0.4 is 4.90 Å². The maximum absolute atomic E-state index is 12.8. The second-order valence-electron chi connectivity index (χ2n) is 6.70. The van der Waals surface area contributed by atoms with Crippen LogP contribution in [0.1, 0.15) is 55.7 Å². The van der Waals surface area contributed by atoms with E-state index in [4.69, 9.17) is 4.74 Å². The molecule has 5 nitrogen and oxygen atoms in total. The van der Waals surface area contributed by atoms with E-state index in [1.54, 1.807) is 0 Å². The third-order valence-electron chi connectivity index (χ3n) is 4.58. The fourth-order valence-electron chi connectivity index (χ4n) is 2.83. The van der Waals surface area contributed by atoms with Crippen molar-refractivity contribution in [3.8, 4) is 0 Å². The van der Waals surface area contributed by atoms with Crippen LogP contribution in [0.3, 0.4) is 0 Å². The molecule has 0 bridgehead atoms. The predicted molar refractivity (Wildman–Crippen MR) is 111 cm³/mol. The van der Waals surface area contributed by atoms with E-state index in [-0.39, 0.29) is 23.3 Å². The van der Waals surface area contributed by atoms with Crippen molar-refractivity contribution in [1.82, 2.24) is 0 Å². The summed E-state index contributed by atoms with van der Waals surface area (Å²) in [5.41, 5.74) is 3.62. The van der Waals surface area contributed by atoms with Gasteiger partial charge in [-0.3, -0.25) is 19.3 Å². The number of hydrogen-bond acceptors (Lipinski definition) is 5. The molecule has 1 aromatic carbocycles. The first-order chi connectivity index (χ1) is 12.8. The average Bonchev–Trinajstić information content (AvgIpc) is 2.65. The molecule has 0 aliphatic heterocycles.